The molecule has 1 saturated heterocycles. The number of aliphatic hydroxyl groups excluding tert-OH is 1. The van der Waals surface area contributed by atoms with Crippen LogP contribution >= 0.6 is 0 Å². The van der Waals surface area contributed by atoms with Gasteiger partial charge in [0, 0.05) is 37.7 Å². The summed E-state index contributed by atoms with van der Waals surface area (Å²) < 4.78 is 57.7. The summed E-state index contributed by atoms with van der Waals surface area (Å²) >= 11 is -2.07. The highest BCUT2D eigenvalue weighted by Crippen LogP contribution is 2.65. The maximum absolute atomic E-state index is 16.0. The molecule has 2 bridgehead atoms. The van der Waals surface area contributed by atoms with Crippen molar-refractivity contribution in [3.8, 4) is 0 Å². The van der Waals surface area contributed by atoms with Crippen molar-refractivity contribution in [3.63, 3.8) is 0 Å². The Morgan fingerprint density at radius 2 is 1.41 bits per heavy atom. The molecule has 3 aromatic carbocycles. The molecule has 3 aromatic rings. The van der Waals surface area contributed by atoms with Crippen LogP contribution in [0.3, 0.4) is 0 Å². The number of rotatable bonds is 14. The Morgan fingerprint density at radius 3 is 1.92 bits per heavy atom. The summed E-state index contributed by atoms with van der Waals surface area (Å²) in [4.78, 5) is 100. The molecule has 3 aliphatic carbocycles. The molecule has 7 unspecified atom stereocenters. The molecule has 12 atom stereocenters. The third kappa shape index (κ3) is 11.2. The van der Waals surface area contributed by atoms with E-state index in [0.29, 0.717) is 5.56 Å². The lowest BCUT2D eigenvalue weighted by molar-refractivity contribution is -0.346. The Labute approximate surface area is 425 Å². The molecule has 0 radical (unpaired) electrons. The van der Waals surface area contributed by atoms with Gasteiger partial charge in [0.05, 0.1) is 43.2 Å². The van der Waals surface area contributed by atoms with Gasteiger partial charge < -0.3 is 44.0 Å². The van der Waals surface area contributed by atoms with E-state index < -0.39 is 130 Å². The normalized spacial score (nSPS) is 29.0. The third-order valence-corrected chi connectivity index (χ3v) is 14.6. The number of hydrogen-bond acceptors (Lipinski definition) is 18. The molecule has 4 aliphatic rings. The van der Waals surface area contributed by atoms with Gasteiger partial charge in [-0.2, -0.15) is 4.21 Å². The number of benzene rings is 3. The molecule has 73 heavy (non-hydrogen) atoms. The molecule has 7 rings (SSSR count). The zero-order valence-corrected chi connectivity index (χ0v) is 42.7. The molecule has 2 saturated carbocycles. The van der Waals surface area contributed by atoms with Gasteiger partial charge in [-0.15, -0.1) is 0 Å². The van der Waals surface area contributed by atoms with Gasteiger partial charge in [0.2, 0.25) is 0 Å². The zero-order chi connectivity index (χ0) is 53.8. The Hall–Kier alpha value is -6.20. The Balaban J connectivity index is 0.00000166. The van der Waals surface area contributed by atoms with Crippen LogP contribution in [0.25, 0.3) is 0 Å². The largest absolute Gasteiger partial charge is 0.460 e. The number of hydrogen-bond donors (Lipinski definition) is 4. The number of carbonyl (C=O) groups is 7. The number of carbonyl (C=O) groups excluding carboxylic acids is 7. The van der Waals surface area contributed by atoms with E-state index in [1.807, 2.05) is 0 Å². The van der Waals surface area contributed by atoms with E-state index in [4.69, 9.17) is 33.0 Å². The van der Waals surface area contributed by atoms with Crippen LogP contribution < -0.4 is 5.32 Å². The van der Waals surface area contributed by atoms with E-state index >= 15 is 4.79 Å². The van der Waals surface area contributed by atoms with Gasteiger partial charge >= 0.3 is 41.2 Å². The number of likely N-dealkylation sites (N-methyl/N-ethyl adjacent to an activating group) is 1. The lowest BCUT2D eigenvalue weighted by Gasteiger charge is -2.67. The van der Waals surface area contributed by atoms with Crippen LogP contribution in [0, 0.1) is 16.7 Å². The van der Waals surface area contributed by atoms with Crippen molar-refractivity contribution in [3.05, 3.63) is 119 Å². The number of fused-ring (bicyclic) bond motifs is 5. The highest BCUT2D eigenvalue weighted by atomic mass is 32.2. The van der Waals surface area contributed by atoms with Crippen molar-refractivity contribution in [2.45, 2.75) is 108 Å². The lowest BCUT2D eigenvalue weighted by Crippen LogP contribution is -2.82. The quantitative estimate of drug-likeness (QED) is 0.0777. The van der Waals surface area contributed by atoms with Crippen molar-refractivity contribution in [2.75, 3.05) is 34.4 Å². The van der Waals surface area contributed by atoms with Crippen LogP contribution in [0.1, 0.15) is 86.7 Å². The molecule has 0 spiro atoms. The van der Waals surface area contributed by atoms with E-state index in [-0.39, 0.29) is 41.8 Å². The number of esters is 5. The predicted octanol–water partition coefficient (Wildman–Crippen LogP) is 3.62. The summed E-state index contributed by atoms with van der Waals surface area (Å²) in [6, 6.07) is 22.9. The smallest absolute Gasteiger partial charge is 0.338 e. The number of amides is 1. The Kier molecular flexibility index (Phi) is 17.3. The average Bonchev–Trinajstić information content (AvgIpc) is 3.34. The Bertz CT molecular complexity index is 2610. The van der Waals surface area contributed by atoms with Gasteiger partial charge in [-0.3, -0.25) is 37.6 Å². The van der Waals surface area contributed by atoms with Gasteiger partial charge in [0.25, 0.3) is 5.91 Å². The monoisotopic (exact) mass is 1030 g/mol. The van der Waals surface area contributed by atoms with Gasteiger partial charge in [-0.25, -0.2) is 9.59 Å². The average molecular weight is 1040 g/mol. The summed E-state index contributed by atoms with van der Waals surface area (Å²) in [5.41, 5.74) is -7.31. The first kappa shape index (κ1) is 56.1. The molecule has 4 N–H and O–H groups in total. The maximum atomic E-state index is 16.0. The number of ketones is 1. The van der Waals surface area contributed by atoms with Crippen LogP contribution in [0.15, 0.2) is 102 Å². The fourth-order valence-corrected chi connectivity index (χ4v) is 10.8. The summed E-state index contributed by atoms with van der Waals surface area (Å²) in [6.07, 6.45) is -10.6. The Morgan fingerprint density at radius 1 is 0.849 bits per heavy atom. The zero-order valence-electron chi connectivity index (χ0n) is 41.9. The third-order valence-electron chi connectivity index (χ3n) is 14.3. The molecule has 1 amide bonds. The van der Waals surface area contributed by atoms with Crippen molar-refractivity contribution in [1.29, 1.82) is 0 Å². The molecular formula is C52H62N2O18S. The van der Waals surface area contributed by atoms with Crippen LogP contribution in [0.2, 0.25) is 0 Å². The first-order valence-corrected chi connectivity index (χ1v) is 24.4. The molecule has 1 aliphatic heterocycles. The van der Waals surface area contributed by atoms with Gasteiger partial charge in [-0.1, -0.05) is 80.6 Å². The second-order valence-corrected chi connectivity index (χ2v) is 20.2. The fraction of sp³-hybridized carbons (Fsp3) is 0.481. The molecule has 3 fully saturated rings. The van der Waals surface area contributed by atoms with Gasteiger partial charge in [0.15, 0.2) is 23.6 Å². The standard InChI is InChI=1S/C51H58N2O15.CH4O3S/c1-28-34(65-47(61)40(57)39(31-18-12-9-13-19-31)52-45(59)32-20-14-10-15-21-32)25-51(62)44(67-46(60)33-22-16-11-17-23-33)42-49(6,43(58)41(64-29(2)54)38(28)48(51,4)5)35(66-37(56)26-53(7)8)24-36-50(42,27-63-36)68-30(3)55;1-4-5(2)3/h9-23,34-36,39-42,44,57,62H,24-27H2,1-8H3,(H,52,59);1H3,(H,2,3)/t34-,35-,36?,39?,40?,41+,42?,44?,49+,50?,51+;/m0./s1. The number of nitrogens with one attached hydrogen (secondary N) is 1. The first-order chi connectivity index (χ1) is 34.3. The molecule has 0 aromatic heterocycles. The SMILES string of the molecule is CC(=O)O[C@H]1C(=O)[C@@]2(C)C(C(OC(=O)c3ccccc3)[C@]3(O)C[C@H](OC(=O)C(O)C(NC(=O)c4ccccc4)c4ccccc4)C(C)=C1C3(C)C)C1(OC(C)=O)COC1C[C@@H]2OC(=O)CN(C)C.COS(=O)O. The number of Topliss-reactive ketones (excluding diaryl/α,β-unsaturated/α-hetero) is 1. The summed E-state index contributed by atoms with van der Waals surface area (Å²) in [5.74, 6) is -7.74. The first-order valence-electron chi connectivity index (χ1n) is 23.3. The molecule has 21 heteroatoms. The molecule has 20 nitrogen and oxygen atoms in total. The topological polar surface area (TPSA) is 277 Å². The molecule has 394 valence electrons. The van der Waals surface area contributed by atoms with Crippen molar-refractivity contribution >= 4 is 52.9 Å². The van der Waals surface area contributed by atoms with E-state index in [2.05, 4.69) is 9.50 Å². The van der Waals surface area contributed by atoms with Gasteiger partial charge in [-0.05, 0) is 68.9 Å². The van der Waals surface area contributed by atoms with Crippen LogP contribution in [0.5, 0.6) is 0 Å². The van der Waals surface area contributed by atoms with Crippen molar-refractivity contribution in [2.24, 2.45) is 16.7 Å². The molecule has 1 heterocycles. The van der Waals surface area contributed by atoms with Gasteiger partial charge in [0.1, 0.15) is 30.0 Å². The summed E-state index contributed by atoms with van der Waals surface area (Å²) in [5, 5.41) is 28.6. The summed E-state index contributed by atoms with van der Waals surface area (Å²) in [7, 11) is 4.43. The van der Waals surface area contributed by atoms with Crippen molar-refractivity contribution in [1.82, 2.24) is 10.2 Å². The van der Waals surface area contributed by atoms with E-state index in [1.165, 1.54) is 26.0 Å². The van der Waals surface area contributed by atoms with Crippen molar-refractivity contribution < 1.29 is 85.1 Å². The highest BCUT2D eigenvalue weighted by molar-refractivity contribution is 7.74. The number of aliphatic hydroxyl groups is 2. The minimum Gasteiger partial charge on any atom is -0.460 e. The number of ether oxygens (including phenoxy) is 6. The van der Waals surface area contributed by atoms with E-state index in [1.54, 1.807) is 112 Å². The lowest BCUT2D eigenvalue weighted by atomic mass is 9.44. The molecular weight excluding hydrogens is 973 g/mol. The minimum absolute atomic E-state index is 0.0250. The fourth-order valence-electron chi connectivity index (χ4n) is 10.8. The van der Waals surface area contributed by atoms with E-state index in [0.717, 1.165) is 21.0 Å². The second kappa shape index (κ2) is 22.5. The van der Waals surface area contributed by atoms with Crippen LogP contribution in [-0.2, 0) is 67.9 Å². The minimum atomic E-state index is -2.45. The second-order valence-electron chi connectivity index (χ2n) is 19.4. The summed E-state index contributed by atoms with van der Waals surface area (Å²) in [6.45, 7) is 7.76. The van der Waals surface area contributed by atoms with E-state index in [9.17, 15) is 43.2 Å². The van der Waals surface area contributed by atoms with Crippen LogP contribution in [-0.4, -0.2) is 148 Å². The maximum Gasteiger partial charge on any atom is 0.338 e. The highest BCUT2D eigenvalue weighted by Gasteiger charge is 2.79. The predicted molar refractivity (Wildman–Crippen MR) is 258 cm³/mol. The number of nitrogens with zero attached hydrogens (tertiary/aromatic N) is 1. The van der Waals surface area contributed by atoms with Crippen LogP contribution in [0.4, 0.5) is 0 Å².